The van der Waals surface area contributed by atoms with E-state index in [1.54, 1.807) is 23.2 Å². The van der Waals surface area contributed by atoms with Gasteiger partial charge in [-0.05, 0) is 39.8 Å². The van der Waals surface area contributed by atoms with Gasteiger partial charge in [0.1, 0.15) is 11.3 Å². The van der Waals surface area contributed by atoms with Crippen LogP contribution in [-0.2, 0) is 4.74 Å². The quantitative estimate of drug-likeness (QED) is 0.799. The molecule has 1 atom stereocenters. The van der Waals surface area contributed by atoms with Crippen molar-refractivity contribution in [2.75, 3.05) is 26.2 Å². The van der Waals surface area contributed by atoms with Gasteiger partial charge in [-0.25, -0.2) is 4.79 Å². The molecule has 0 N–H and O–H groups in total. The number of carbonyl (C=O) groups is 2. The first-order chi connectivity index (χ1) is 10.8. The number of hydrogen-bond acceptors (Lipinski definition) is 5. The molecule has 1 aliphatic rings. The Balaban J connectivity index is 1.89. The third-order valence-corrected chi connectivity index (χ3v) is 3.66. The van der Waals surface area contributed by atoms with E-state index in [2.05, 4.69) is 9.88 Å². The largest absolute Gasteiger partial charge is 0.444 e. The maximum Gasteiger partial charge on any atom is 0.410 e. The highest BCUT2D eigenvalue weighted by atomic mass is 16.6. The summed E-state index contributed by atoms with van der Waals surface area (Å²) in [7, 11) is 0. The van der Waals surface area contributed by atoms with E-state index in [0.29, 0.717) is 31.9 Å². The van der Waals surface area contributed by atoms with E-state index >= 15 is 0 Å². The molecule has 0 saturated carbocycles. The molecule has 1 aliphatic heterocycles. The molecule has 6 heteroatoms. The van der Waals surface area contributed by atoms with E-state index in [4.69, 9.17) is 4.74 Å². The second-order valence-corrected chi connectivity index (χ2v) is 6.90. The Morgan fingerprint density at radius 1 is 1.30 bits per heavy atom. The van der Waals surface area contributed by atoms with E-state index < -0.39 is 5.60 Å². The van der Waals surface area contributed by atoms with Crippen LogP contribution in [0.2, 0.25) is 0 Å². The number of aromatic nitrogens is 1. The van der Waals surface area contributed by atoms with Gasteiger partial charge < -0.3 is 9.64 Å². The number of Topliss-reactive ketones (excluding diaryl/α,β-unsaturated/α-hetero) is 1. The summed E-state index contributed by atoms with van der Waals surface area (Å²) in [6, 6.07) is 5.33. The van der Waals surface area contributed by atoms with Crippen LogP contribution in [-0.4, -0.2) is 64.5 Å². The second kappa shape index (κ2) is 7.08. The van der Waals surface area contributed by atoms with Gasteiger partial charge >= 0.3 is 6.09 Å². The Morgan fingerprint density at radius 3 is 2.61 bits per heavy atom. The molecule has 1 amide bonds. The molecule has 1 aromatic heterocycles. The maximum absolute atomic E-state index is 12.2. The molecular weight excluding hydrogens is 294 g/mol. The summed E-state index contributed by atoms with van der Waals surface area (Å²) in [6.07, 6.45) is 1.33. The zero-order chi connectivity index (χ0) is 17.0. The van der Waals surface area contributed by atoms with Gasteiger partial charge in [-0.15, -0.1) is 0 Å². The number of hydrogen-bond donors (Lipinski definition) is 0. The molecule has 1 fully saturated rings. The Morgan fingerprint density at radius 2 is 2.04 bits per heavy atom. The van der Waals surface area contributed by atoms with Crippen molar-refractivity contribution in [3.63, 3.8) is 0 Å². The number of piperazine rings is 1. The highest BCUT2D eigenvalue weighted by Gasteiger charge is 2.31. The van der Waals surface area contributed by atoms with Crippen LogP contribution in [0.1, 0.15) is 38.2 Å². The maximum atomic E-state index is 12.2. The van der Waals surface area contributed by atoms with Crippen molar-refractivity contribution < 1.29 is 14.3 Å². The number of pyridine rings is 1. The van der Waals surface area contributed by atoms with Crippen LogP contribution < -0.4 is 0 Å². The monoisotopic (exact) mass is 319 g/mol. The van der Waals surface area contributed by atoms with Crippen LogP contribution >= 0.6 is 0 Å². The molecule has 1 aromatic rings. The fourth-order valence-electron chi connectivity index (χ4n) is 2.58. The number of ketones is 1. The standard InChI is InChI=1S/C17H25N3O3/c1-13-11-19(12-15(21)14-7-5-6-8-18-14)9-10-20(13)16(22)23-17(2,3)4/h5-8,13H,9-12H2,1-4H3. The fraction of sp³-hybridized carbons (Fsp3) is 0.588. The molecule has 0 aliphatic carbocycles. The van der Waals surface area contributed by atoms with Crippen LogP contribution in [0.4, 0.5) is 4.79 Å². The van der Waals surface area contributed by atoms with Gasteiger partial charge in [-0.2, -0.15) is 0 Å². The molecule has 0 radical (unpaired) electrons. The zero-order valence-corrected chi connectivity index (χ0v) is 14.3. The van der Waals surface area contributed by atoms with Crippen LogP contribution in [0, 0.1) is 0 Å². The molecule has 2 heterocycles. The first-order valence-corrected chi connectivity index (χ1v) is 7.92. The molecule has 2 rings (SSSR count). The first kappa shape index (κ1) is 17.4. The number of carbonyl (C=O) groups excluding carboxylic acids is 2. The molecule has 0 aromatic carbocycles. The Bertz CT molecular complexity index is 554. The van der Waals surface area contributed by atoms with Crippen molar-refractivity contribution in [1.82, 2.24) is 14.8 Å². The van der Waals surface area contributed by atoms with E-state index in [0.717, 1.165) is 0 Å². The van der Waals surface area contributed by atoms with Gasteiger partial charge in [0, 0.05) is 31.9 Å². The average Bonchev–Trinajstić information content (AvgIpc) is 2.46. The van der Waals surface area contributed by atoms with E-state index in [-0.39, 0.29) is 17.9 Å². The molecule has 1 unspecified atom stereocenters. The summed E-state index contributed by atoms with van der Waals surface area (Å²) < 4.78 is 5.42. The van der Waals surface area contributed by atoms with E-state index in [9.17, 15) is 9.59 Å². The summed E-state index contributed by atoms with van der Waals surface area (Å²) in [5.41, 5.74) is -0.0159. The Kier molecular flexibility index (Phi) is 5.36. The fourth-order valence-corrected chi connectivity index (χ4v) is 2.58. The summed E-state index contributed by atoms with van der Waals surface area (Å²) >= 11 is 0. The number of rotatable bonds is 3. The minimum Gasteiger partial charge on any atom is -0.444 e. The lowest BCUT2D eigenvalue weighted by molar-refractivity contribution is 0.00218. The predicted molar refractivity (Wildman–Crippen MR) is 87.4 cm³/mol. The molecule has 6 nitrogen and oxygen atoms in total. The minimum atomic E-state index is -0.497. The predicted octanol–water partition coefficient (Wildman–Crippen LogP) is 2.21. The van der Waals surface area contributed by atoms with Gasteiger partial charge in [-0.1, -0.05) is 6.07 Å². The molecule has 0 spiro atoms. The molecule has 0 bridgehead atoms. The van der Waals surface area contributed by atoms with Gasteiger partial charge in [0.15, 0.2) is 5.78 Å². The normalized spacial score (nSPS) is 19.5. The third kappa shape index (κ3) is 5.03. The second-order valence-electron chi connectivity index (χ2n) is 6.90. The highest BCUT2D eigenvalue weighted by molar-refractivity contribution is 5.95. The number of nitrogens with zero attached hydrogens (tertiary/aromatic N) is 3. The molecule has 126 valence electrons. The lowest BCUT2D eigenvalue weighted by atomic mass is 10.1. The molecule has 1 saturated heterocycles. The van der Waals surface area contributed by atoms with E-state index in [1.165, 1.54) is 0 Å². The van der Waals surface area contributed by atoms with Crippen molar-refractivity contribution in [3.05, 3.63) is 30.1 Å². The molecule has 23 heavy (non-hydrogen) atoms. The van der Waals surface area contributed by atoms with Crippen molar-refractivity contribution in [1.29, 1.82) is 0 Å². The highest BCUT2D eigenvalue weighted by Crippen LogP contribution is 2.15. The summed E-state index contributed by atoms with van der Waals surface area (Å²) in [5.74, 6) is 0.00326. The minimum absolute atomic E-state index is 0.00326. The Hall–Kier alpha value is -1.95. The van der Waals surface area contributed by atoms with Gasteiger partial charge in [-0.3, -0.25) is 14.7 Å². The average molecular weight is 319 g/mol. The smallest absolute Gasteiger partial charge is 0.410 e. The SMILES string of the molecule is CC1CN(CC(=O)c2ccccn2)CCN1C(=O)OC(C)(C)C. The van der Waals surface area contributed by atoms with Crippen molar-refractivity contribution in [2.45, 2.75) is 39.3 Å². The van der Waals surface area contributed by atoms with Crippen LogP contribution in [0.15, 0.2) is 24.4 Å². The topological polar surface area (TPSA) is 62.7 Å². The molecular formula is C17H25N3O3. The van der Waals surface area contributed by atoms with Crippen LogP contribution in [0.3, 0.4) is 0 Å². The number of ether oxygens (including phenoxy) is 1. The Labute approximate surface area is 137 Å². The zero-order valence-electron chi connectivity index (χ0n) is 14.3. The first-order valence-electron chi connectivity index (χ1n) is 7.92. The summed E-state index contributed by atoms with van der Waals surface area (Å²) in [6.45, 7) is 9.74. The van der Waals surface area contributed by atoms with Crippen molar-refractivity contribution in [2.24, 2.45) is 0 Å². The van der Waals surface area contributed by atoms with Crippen LogP contribution in [0.25, 0.3) is 0 Å². The summed E-state index contributed by atoms with van der Waals surface area (Å²) in [5, 5.41) is 0. The van der Waals surface area contributed by atoms with Crippen molar-refractivity contribution in [3.8, 4) is 0 Å². The van der Waals surface area contributed by atoms with Gasteiger partial charge in [0.2, 0.25) is 0 Å². The van der Waals surface area contributed by atoms with Gasteiger partial charge in [0.05, 0.1) is 6.54 Å². The van der Waals surface area contributed by atoms with E-state index in [1.807, 2.05) is 33.8 Å². The van der Waals surface area contributed by atoms with Gasteiger partial charge in [0.25, 0.3) is 0 Å². The summed E-state index contributed by atoms with van der Waals surface area (Å²) in [4.78, 5) is 32.3. The van der Waals surface area contributed by atoms with Crippen molar-refractivity contribution >= 4 is 11.9 Å². The van der Waals surface area contributed by atoms with Crippen LogP contribution in [0.5, 0.6) is 0 Å². The lowest BCUT2D eigenvalue weighted by Gasteiger charge is -2.39. The lowest BCUT2D eigenvalue weighted by Crippen LogP contribution is -2.55. The third-order valence-electron chi connectivity index (χ3n) is 3.66. The number of amides is 1.